The minimum absolute atomic E-state index is 0.150. The molecule has 1 amide bonds. The number of azide groups is 1. The topological polar surface area (TPSA) is 135 Å². The van der Waals surface area contributed by atoms with E-state index in [0.29, 0.717) is 0 Å². The van der Waals surface area contributed by atoms with Crippen molar-refractivity contribution in [3.63, 3.8) is 0 Å². The number of aliphatic hydroxyl groups is 2. The lowest BCUT2D eigenvalue weighted by atomic mass is 9.99. The van der Waals surface area contributed by atoms with Crippen LogP contribution in [0.3, 0.4) is 0 Å². The first-order valence-corrected chi connectivity index (χ1v) is 5.42. The van der Waals surface area contributed by atoms with Crippen molar-refractivity contribution >= 4 is 17.4 Å². The molecule has 0 saturated carbocycles. The van der Waals surface area contributed by atoms with Gasteiger partial charge in [-0.05, 0) is 11.6 Å². The smallest absolute Gasteiger partial charge is 0.296 e. The van der Waals surface area contributed by atoms with E-state index in [1.54, 1.807) is 0 Å². The third kappa shape index (κ3) is 2.27. The second-order valence-corrected chi connectivity index (χ2v) is 3.98. The number of amides is 1. The van der Waals surface area contributed by atoms with E-state index >= 15 is 0 Å². The van der Waals surface area contributed by atoms with Crippen LogP contribution in [-0.2, 0) is 4.79 Å². The van der Waals surface area contributed by atoms with Crippen LogP contribution in [0.1, 0.15) is 22.0 Å². The van der Waals surface area contributed by atoms with Gasteiger partial charge >= 0.3 is 0 Å². The SMILES string of the molecule is [N-]=[N+]=NCC(O)C(O)c1cccc2c1NC(=O)C2=O. The highest BCUT2D eigenvalue weighted by Crippen LogP contribution is 2.32. The molecule has 2 rings (SSSR count). The summed E-state index contributed by atoms with van der Waals surface area (Å²) < 4.78 is 0. The molecule has 2 unspecified atom stereocenters. The summed E-state index contributed by atoms with van der Waals surface area (Å²) in [5.41, 5.74) is 8.70. The van der Waals surface area contributed by atoms with E-state index in [9.17, 15) is 19.8 Å². The molecule has 98 valence electrons. The van der Waals surface area contributed by atoms with Crippen LogP contribution < -0.4 is 5.32 Å². The first-order valence-electron chi connectivity index (χ1n) is 5.42. The van der Waals surface area contributed by atoms with E-state index in [0.717, 1.165) is 0 Å². The van der Waals surface area contributed by atoms with E-state index < -0.39 is 23.9 Å². The molecule has 0 radical (unpaired) electrons. The first-order chi connectivity index (χ1) is 9.06. The Morgan fingerprint density at radius 2 is 2.11 bits per heavy atom. The van der Waals surface area contributed by atoms with E-state index in [2.05, 4.69) is 15.3 Å². The summed E-state index contributed by atoms with van der Waals surface area (Å²) in [5, 5.41) is 25.1. The van der Waals surface area contributed by atoms with Crippen LogP contribution in [0.4, 0.5) is 5.69 Å². The number of nitrogens with zero attached hydrogens (tertiary/aromatic N) is 3. The van der Waals surface area contributed by atoms with Gasteiger partial charge in [-0.25, -0.2) is 0 Å². The second-order valence-electron chi connectivity index (χ2n) is 3.98. The van der Waals surface area contributed by atoms with Gasteiger partial charge in [-0.1, -0.05) is 17.2 Å². The van der Waals surface area contributed by atoms with Gasteiger partial charge in [-0.15, -0.1) is 0 Å². The molecule has 0 spiro atoms. The molecule has 19 heavy (non-hydrogen) atoms. The number of carbonyl (C=O) groups is 2. The van der Waals surface area contributed by atoms with E-state index in [1.807, 2.05) is 0 Å². The highest BCUT2D eigenvalue weighted by molar-refractivity contribution is 6.51. The standard InChI is InChI=1S/C11H10N4O4/c12-15-13-4-7(16)9(17)5-2-1-3-6-8(5)14-11(19)10(6)18/h1-3,7,9,16-17H,4H2,(H,14,18,19). The molecule has 1 aliphatic rings. The molecule has 0 aliphatic carbocycles. The molecule has 1 aromatic rings. The maximum absolute atomic E-state index is 11.5. The number of hydrogen-bond acceptors (Lipinski definition) is 5. The summed E-state index contributed by atoms with van der Waals surface area (Å²) in [4.78, 5) is 25.2. The van der Waals surface area contributed by atoms with Gasteiger partial charge in [0.05, 0.1) is 23.9 Å². The number of aliphatic hydroxyl groups excluding tert-OH is 2. The lowest BCUT2D eigenvalue weighted by Gasteiger charge is -2.18. The Morgan fingerprint density at radius 3 is 2.79 bits per heavy atom. The van der Waals surface area contributed by atoms with E-state index in [4.69, 9.17) is 5.53 Å². The first kappa shape index (κ1) is 13.0. The van der Waals surface area contributed by atoms with Crippen molar-refractivity contribution in [2.75, 3.05) is 11.9 Å². The number of benzene rings is 1. The Balaban J connectivity index is 2.35. The zero-order valence-electron chi connectivity index (χ0n) is 9.65. The lowest BCUT2D eigenvalue weighted by molar-refractivity contribution is -0.112. The van der Waals surface area contributed by atoms with Crippen LogP contribution in [0.15, 0.2) is 23.3 Å². The zero-order chi connectivity index (χ0) is 14.0. The Morgan fingerprint density at radius 1 is 1.37 bits per heavy atom. The number of carbonyl (C=O) groups excluding carboxylic acids is 2. The van der Waals surface area contributed by atoms with Crippen molar-refractivity contribution in [1.29, 1.82) is 0 Å². The number of fused-ring (bicyclic) bond motifs is 1. The molecule has 8 heteroatoms. The average molecular weight is 262 g/mol. The van der Waals surface area contributed by atoms with Crippen molar-refractivity contribution < 1.29 is 19.8 Å². The highest BCUT2D eigenvalue weighted by Gasteiger charge is 2.32. The highest BCUT2D eigenvalue weighted by atomic mass is 16.3. The molecule has 0 aromatic heterocycles. The molecular formula is C11H10N4O4. The number of nitrogens with one attached hydrogen (secondary N) is 1. The van der Waals surface area contributed by atoms with Crippen molar-refractivity contribution in [3.8, 4) is 0 Å². The van der Waals surface area contributed by atoms with Crippen LogP contribution in [-0.4, -0.2) is 34.6 Å². The quantitative estimate of drug-likeness (QED) is 0.315. The fraction of sp³-hybridized carbons (Fsp3) is 0.273. The number of rotatable bonds is 4. The normalized spacial score (nSPS) is 16.3. The molecule has 0 fully saturated rings. The van der Waals surface area contributed by atoms with Gasteiger partial charge in [0, 0.05) is 10.5 Å². The van der Waals surface area contributed by atoms with Gasteiger partial charge in [-0.2, -0.15) is 0 Å². The lowest BCUT2D eigenvalue weighted by Crippen LogP contribution is -2.22. The Bertz CT molecular complexity index is 594. The van der Waals surface area contributed by atoms with Crippen LogP contribution >= 0.6 is 0 Å². The van der Waals surface area contributed by atoms with Crippen molar-refractivity contribution in [2.45, 2.75) is 12.2 Å². The number of para-hydroxylation sites is 1. The van der Waals surface area contributed by atoms with Gasteiger partial charge in [0.1, 0.15) is 6.10 Å². The van der Waals surface area contributed by atoms with Gasteiger partial charge in [-0.3, -0.25) is 9.59 Å². The van der Waals surface area contributed by atoms with Gasteiger partial charge in [0.25, 0.3) is 11.7 Å². The zero-order valence-corrected chi connectivity index (χ0v) is 9.65. The van der Waals surface area contributed by atoms with Crippen LogP contribution in [0, 0.1) is 0 Å². The maximum atomic E-state index is 11.5. The molecule has 2 atom stereocenters. The van der Waals surface area contributed by atoms with Crippen LogP contribution in [0.5, 0.6) is 0 Å². The average Bonchev–Trinajstić information content (AvgIpc) is 2.71. The molecule has 1 heterocycles. The molecule has 8 nitrogen and oxygen atoms in total. The van der Waals surface area contributed by atoms with Crippen molar-refractivity contribution in [3.05, 3.63) is 39.8 Å². The number of ketones is 1. The Labute approximate surface area is 107 Å². The monoisotopic (exact) mass is 262 g/mol. The van der Waals surface area contributed by atoms with Gasteiger partial charge < -0.3 is 15.5 Å². The summed E-state index contributed by atoms with van der Waals surface area (Å²) in [7, 11) is 0. The summed E-state index contributed by atoms with van der Waals surface area (Å²) in [6.07, 6.45) is -2.69. The number of hydrogen-bond donors (Lipinski definition) is 3. The summed E-state index contributed by atoms with van der Waals surface area (Å²) in [5.74, 6) is -1.47. The minimum Gasteiger partial charge on any atom is -0.390 e. The predicted molar refractivity (Wildman–Crippen MR) is 64.4 cm³/mol. The number of anilines is 1. The van der Waals surface area contributed by atoms with Crippen LogP contribution in [0.2, 0.25) is 0 Å². The Kier molecular flexibility index (Phi) is 3.48. The van der Waals surface area contributed by atoms with E-state index in [1.165, 1.54) is 18.2 Å². The third-order valence-electron chi connectivity index (χ3n) is 2.80. The fourth-order valence-electron chi connectivity index (χ4n) is 1.87. The third-order valence-corrected chi connectivity index (χ3v) is 2.80. The molecule has 0 saturated heterocycles. The predicted octanol–water partition coefficient (Wildman–Crippen LogP) is 0.526. The molecule has 1 aromatic carbocycles. The fourth-order valence-corrected chi connectivity index (χ4v) is 1.87. The van der Waals surface area contributed by atoms with Gasteiger partial charge in [0.2, 0.25) is 0 Å². The van der Waals surface area contributed by atoms with Crippen LogP contribution in [0.25, 0.3) is 10.4 Å². The summed E-state index contributed by atoms with van der Waals surface area (Å²) in [6, 6.07) is 4.42. The minimum atomic E-state index is -1.37. The van der Waals surface area contributed by atoms with E-state index in [-0.39, 0.29) is 23.4 Å². The van der Waals surface area contributed by atoms with Crippen molar-refractivity contribution in [1.82, 2.24) is 0 Å². The molecular weight excluding hydrogens is 252 g/mol. The maximum Gasteiger partial charge on any atom is 0.296 e. The number of Topliss-reactive ketones (excluding diaryl/α,β-unsaturated/α-hetero) is 1. The largest absolute Gasteiger partial charge is 0.390 e. The Hall–Kier alpha value is -2.41. The van der Waals surface area contributed by atoms with Gasteiger partial charge in [0.15, 0.2) is 0 Å². The molecule has 0 bridgehead atoms. The van der Waals surface area contributed by atoms with Crippen molar-refractivity contribution in [2.24, 2.45) is 5.11 Å². The molecule has 1 aliphatic heterocycles. The summed E-state index contributed by atoms with van der Waals surface area (Å²) >= 11 is 0. The summed E-state index contributed by atoms with van der Waals surface area (Å²) in [6.45, 7) is -0.316. The second kappa shape index (κ2) is 5.07. The molecule has 3 N–H and O–H groups in total.